The van der Waals surface area contributed by atoms with Crippen LogP contribution in [0.3, 0.4) is 0 Å². The van der Waals surface area contributed by atoms with Gasteiger partial charge in [0, 0.05) is 0 Å². The minimum atomic E-state index is -1.75. The van der Waals surface area contributed by atoms with Gasteiger partial charge in [-0.3, -0.25) is 0 Å². The molecule has 0 N–H and O–H groups in total. The van der Waals surface area contributed by atoms with Gasteiger partial charge in [-0.05, 0) is 0 Å². The molecule has 0 fully saturated rings. The van der Waals surface area contributed by atoms with Gasteiger partial charge in [0.2, 0.25) is 0 Å². The van der Waals surface area contributed by atoms with Crippen molar-refractivity contribution < 1.29 is 21.3 Å². The molecule has 0 aliphatic carbocycles. The molecule has 0 heterocycles. The van der Waals surface area contributed by atoms with Crippen LogP contribution in [0.5, 0.6) is 0 Å². The third-order valence-corrected chi connectivity index (χ3v) is 7.31. The van der Waals surface area contributed by atoms with Crippen LogP contribution in [0.2, 0.25) is 0 Å². The molecule has 0 saturated heterocycles. The molecular weight excluding hydrogens is 247 g/mol. The van der Waals surface area contributed by atoms with Crippen LogP contribution in [0, 0.1) is 0 Å². The zero-order valence-corrected chi connectivity index (χ0v) is 10.4. The van der Waals surface area contributed by atoms with E-state index in [2.05, 4.69) is 64.9 Å². The van der Waals surface area contributed by atoms with Gasteiger partial charge >= 0.3 is 92.7 Å². The van der Waals surface area contributed by atoms with Crippen LogP contribution in [-0.4, -0.2) is 4.21 Å². The Bertz CT molecular complexity index is 376. The molecule has 0 radical (unpaired) electrons. The number of rotatable bonds is 2. The molecule has 14 heavy (non-hydrogen) atoms. The van der Waals surface area contributed by atoms with E-state index in [1.165, 1.54) is 6.54 Å². The normalized spacial score (nSPS) is 9.71. The molecule has 0 unspecified atom stereocenters. The number of hydrogen-bond donors (Lipinski definition) is 0. The van der Waals surface area contributed by atoms with E-state index in [-0.39, 0.29) is 0 Å². The number of hydrogen-bond acceptors (Lipinski definition) is 0. The van der Waals surface area contributed by atoms with E-state index in [0.29, 0.717) is 0 Å². The zero-order valence-electron chi connectivity index (χ0n) is 7.98. The second-order valence-corrected chi connectivity index (χ2v) is 8.40. The molecule has 0 nitrogen and oxygen atoms in total. The van der Waals surface area contributed by atoms with E-state index in [1.807, 2.05) is 0 Å². The molecule has 2 aromatic carbocycles. The van der Waals surface area contributed by atoms with Gasteiger partial charge in [-0.2, -0.15) is 0 Å². The fraction of sp³-hybridized carbons (Fsp3) is 0. The van der Waals surface area contributed by atoms with E-state index >= 15 is 0 Å². The fourth-order valence-electron chi connectivity index (χ4n) is 1.45. The minimum absolute atomic E-state index is 1.46. The van der Waals surface area contributed by atoms with Crippen LogP contribution >= 0.6 is 0 Å². The molecule has 0 aliphatic rings. The SMILES string of the molecule is [CH2]=[Zr]([c]1ccccc1)[c]1ccccc1. The van der Waals surface area contributed by atoms with E-state index in [9.17, 15) is 0 Å². The van der Waals surface area contributed by atoms with Gasteiger partial charge in [0.25, 0.3) is 0 Å². The van der Waals surface area contributed by atoms with Crippen LogP contribution in [0.4, 0.5) is 0 Å². The van der Waals surface area contributed by atoms with Gasteiger partial charge < -0.3 is 0 Å². The Morgan fingerprint density at radius 3 is 1.36 bits per heavy atom. The zero-order chi connectivity index (χ0) is 9.80. The van der Waals surface area contributed by atoms with Crippen LogP contribution in [0.1, 0.15) is 0 Å². The first kappa shape index (κ1) is 9.74. The van der Waals surface area contributed by atoms with Crippen molar-refractivity contribution in [2.45, 2.75) is 0 Å². The number of benzene rings is 2. The van der Waals surface area contributed by atoms with Crippen molar-refractivity contribution in [2.75, 3.05) is 0 Å². The third kappa shape index (κ3) is 2.16. The van der Waals surface area contributed by atoms with Crippen LogP contribution in [0.15, 0.2) is 60.7 Å². The Balaban J connectivity index is 2.35. The van der Waals surface area contributed by atoms with E-state index in [0.717, 1.165) is 0 Å². The molecule has 2 aromatic rings. The fourth-order valence-corrected chi connectivity index (χ4v) is 5.19. The monoisotopic (exact) mass is 258 g/mol. The average Bonchev–Trinajstić information content (AvgIpc) is 2.30. The quantitative estimate of drug-likeness (QED) is 0.770. The van der Waals surface area contributed by atoms with Crippen molar-refractivity contribution in [1.29, 1.82) is 0 Å². The Labute approximate surface area is 92.4 Å². The summed E-state index contributed by atoms with van der Waals surface area (Å²) in [6.45, 7) is 0. The van der Waals surface area contributed by atoms with Crippen molar-refractivity contribution in [3.63, 3.8) is 0 Å². The van der Waals surface area contributed by atoms with E-state index < -0.39 is 21.3 Å². The molecule has 68 valence electrons. The van der Waals surface area contributed by atoms with Crippen molar-refractivity contribution >= 4 is 10.8 Å². The molecule has 0 amide bonds. The third-order valence-electron chi connectivity index (χ3n) is 2.24. The Morgan fingerprint density at radius 2 is 1.00 bits per heavy atom. The topological polar surface area (TPSA) is 0 Å². The Morgan fingerprint density at radius 1 is 0.643 bits per heavy atom. The second kappa shape index (κ2) is 4.62. The summed E-state index contributed by atoms with van der Waals surface area (Å²) >= 11 is -1.75. The van der Waals surface area contributed by atoms with Crippen LogP contribution in [0.25, 0.3) is 0 Å². The summed E-state index contributed by atoms with van der Waals surface area (Å²) in [6, 6.07) is 21.3. The summed E-state index contributed by atoms with van der Waals surface area (Å²) in [5.74, 6) is 0. The molecule has 0 bridgehead atoms. The summed E-state index contributed by atoms with van der Waals surface area (Å²) in [7, 11) is 0. The van der Waals surface area contributed by atoms with Crippen LogP contribution in [-0.2, 0) is 21.3 Å². The second-order valence-electron chi connectivity index (χ2n) is 3.21. The van der Waals surface area contributed by atoms with Gasteiger partial charge in [-0.15, -0.1) is 0 Å². The summed E-state index contributed by atoms with van der Waals surface area (Å²) in [5, 5.41) is 0. The maximum atomic E-state index is 4.38. The van der Waals surface area contributed by atoms with Gasteiger partial charge in [0.15, 0.2) is 0 Å². The Hall–Kier alpha value is -0.807. The van der Waals surface area contributed by atoms with Gasteiger partial charge in [-0.1, -0.05) is 0 Å². The van der Waals surface area contributed by atoms with Crippen molar-refractivity contribution in [2.24, 2.45) is 0 Å². The summed E-state index contributed by atoms with van der Waals surface area (Å²) in [6.07, 6.45) is 0. The molecule has 0 spiro atoms. The predicted octanol–water partition coefficient (Wildman–Crippen LogP) is 1.69. The Kier molecular flexibility index (Phi) is 3.21. The first-order valence-electron chi connectivity index (χ1n) is 4.67. The molecule has 0 atom stereocenters. The molecule has 0 aromatic heterocycles. The van der Waals surface area contributed by atoms with E-state index in [1.54, 1.807) is 0 Å². The summed E-state index contributed by atoms with van der Waals surface area (Å²) < 4.78 is 7.29. The van der Waals surface area contributed by atoms with Crippen molar-refractivity contribution in [3.05, 3.63) is 60.7 Å². The average molecular weight is 259 g/mol. The van der Waals surface area contributed by atoms with E-state index in [4.69, 9.17) is 0 Å². The van der Waals surface area contributed by atoms with Crippen molar-refractivity contribution in [3.8, 4) is 0 Å². The molecule has 0 saturated carbocycles. The molecule has 0 aliphatic heterocycles. The first-order valence-corrected chi connectivity index (χ1v) is 8.87. The molecular formula is C13H12Zr. The predicted molar refractivity (Wildman–Crippen MR) is 59.3 cm³/mol. The maximum absolute atomic E-state index is 4.38. The summed E-state index contributed by atoms with van der Waals surface area (Å²) in [4.78, 5) is 0. The van der Waals surface area contributed by atoms with Crippen LogP contribution < -0.4 is 6.54 Å². The standard InChI is InChI=1S/2C6H5.CH2.Zr/c2*1-2-4-6-5-3-1;;/h2*1-5H;1H2;. The van der Waals surface area contributed by atoms with Gasteiger partial charge in [-0.25, -0.2) is 0 Å². The van der Waals surface area contributed by atoms with Gasteiger partial charge in [0.1, 0.15) is 0 Å². The molecule has 1 heteroatoms. The first-order chi connectivity index (χ1) is 6.88. The molecule has 2 rings (SSSR count). The van der Waals surface area contributed by atoms with Gasteiger partial charge in [0.05, 0.1) is 0 Å². The summed E-state index contributed by atoms with van der Waals surface area (Å²) in [5.41, 5.74) is 0. The van der Waals surface area contributed by atoms with Crippen molar-refractivity contribution in [1.82, 2.24) is 0 Å².